The van der Waals surface area contributed by atoms with E-state index >= 15 is 0 Å². The number of carbonyl (C=O) groups excluding carboxylic acids is 1. The smallest absolute Gasteiger partial charge is 0.257 e. The number of rotatable bonds is 4. The van der Waals surface area contributed by atoms with Crippen LogP contribution < -0.4 is 5.32 Å². The van der Waals surface area contributed by atoms with Crippen molar-refractivity contribution < 1.29 is 17.6 Å². The van der Waals surface area contributed by atoms with Gasteiger partial charge in [0, 0.05) is 23.2 Å². The summed E-state index contributed by atoms with van der Waals surface area (Å²) in [4.78, 5) is 20.0. The van der Waals surface area contributed by atoms with E-state index in [9.17, 15) is 17.6 Å². The number of halogens is 3. The number of nitrogens with one attached hydrogen (secondary N) is 1. The van der Waals surface area contributed by atoms with Gasteiger partial charge in [0.05, 0.1) is 22.9 Å². The molecule has 1 aromatic carbocycles. The van der Waals surface area contributed by atoms with E-state index in [4.69, 9.17) is 23.2 Å². The van der Waals surface area contributed by atoms with Crippen LogP contribution in [0.15, 0.2) is 47.8 Å². The molecule has 0 atom stereocenters. The molecule has 0 saturated carbocycles. The Balaban J connectivity index is 1.89. The van der Waals surface area contributed by atoms with Gasteiger partial charge < -0.3 is 5.32 Å². The fourth-order valence-corrected chi connectivity index (χ4v) is 3.42. The molecule has 1 amide bonds. The lowest BCUT2D eigenvalue weighted by molar-refractivity contribution is 0.102. The summed E-state index contributed by atoms with van der Waals surface area (Å²) in [5, 5.41) is 2.84. The summed E-state index contributed by atoms with van der Waals surface area (Å²) >= 11 is 12.0. The zero-order chi connectivity index (χ0) is 19.8. The van der Waals surface area contributed by atoms with Crippen molar-refractivity contribution in [2.75, 3.05) is 11.6 Å². The fraction of sp³-hybridized carbons (Fsp3) is 0.0625. The second-order valence-corrected chi connectivity index (χ2v) is 8.36. The number of aromatic nitrogens is 3. The molecule has 1 N–H and O–H groups in total. The first-order valence-corrected chi connectivity index (χ1v) is 9.96. The quantitative estimate of drug-likeness (QED) is 0.687. The predicted molar refractivity (Wildman–Crippen MR) is 98.8 cm³/mol. The van der Waals surface area contributed by atoms with E-state index in [0.717, 1.165) is 18.6 Å². The van der Waals surface area contributed by atoms with Crippen molar-refractivity contribution in [2.24, 2.45) is 0 Å². The second-order valence-electron chi connectivity index (χ2n) is 5.52. The molecule has 0 aliphatic rings. The Morgan fingerprint density at radius 1 is 1.15 bits per heavy atom. The Hall–Kier alpha value is -2.49. The number of hydrogen-bond donors (Lipinski definition) is 1. The van der Waals surface area contributed by atoms with Crippen LogP contribution in [0.2, 0.25) is 10.2 Å². The summed E-state index contributed by atoms with van der Waals surface area (Å²) in [5.41, 5.74) is 0.364. The van der Waals surface area contributed by atoms with Gasteiger partial charge >= 0.3 is 0 Å². The summed E-state index contributed by atoms with van der Waals surface area (Å²) in [7, 11) is -3.50. The van der Waals surface area contributed by atoms with Crippen LogP contribution >= 0.6 is 23.2 Å². The molecule has 0 fully saturated rings. The zero-order valence-corrected chi connectivity index (χ0v) is 16.0. The highest BCUT2D eigenvalue weighted by atomic mass is 35.5. The molecule has 0 unspecified atom stereocenters. The number of amides is 1. The molecule has 7 nitrogen and oxygen atoms in total. The Morgan fingerprint density at radius 3 is 2.44 bits per heavy atom. The standard InChI is InChI=1S/C16H11Cl2FN4O3S/c1-27(25,26)13-4-10(17)3-12(5-13)22-15(24)9-2-14(18)23(8-9)16-20-6-11(19)7-21-16/h2-8H,1H3,(H,22,24). The summed E-state index contributed by atoms with van der Waals surface area (Å²) in [6.07, 6.45) is 4.34. The maximum absolute atomic E-state index is 12.9. The fourth-order valence-electron chi connectivity index (χ4n) is 2.20. The van der Waals surface area contributed by atoms with E-state index < -0.39 is 21.6 Å². The molecular weight excluding hydrogens is 418 g/mol. The summed E-state index contributed by atoms with van der Waals surface area (Å²) < 4.78 is 37.6. The zero-order valence-electron chi connectivity index (χ0n) is 13.6. The van der Waals surface area contributed by atoms with Crippen molar-refractivity contribution in [1.29, 1.82) is 0 Å². The number of benzene rings is 1. The summed E-state index contributed by atoms with van der Waals surface area (Å²) in [5.74, 6) is -1.08. The van der Waals surface area contributed by atoms with Crippen molar-refractivity contribution in [1.82, 2.24) is 14.5 Å². The van der Waals surface area contributed by atoms with Gasteiger partial charge in [-0.15, -0.1) is 0 Å². The van der Waals surface area contributed by atoms with Crippen LogP contribution in [0.5, 0.6) is 0 Å². The van der Waals surface area contributed by atoms with Gasteiger partial charge in [-0.3, -0.25) is 9.36 Å². The van der Waals surface area contributed by atoms with Gasteiger partial charge in [0.2, 0.25) is 5.95 Å². The average molecular weight is 429 g/mol. The van der Waals surface area contributed by atoms with Gasteiger partial charge in [-0.2, -0.15) is 0 Å². The first-order chi connectivity index (χ1) is 12.6. The van der Waals surface area contributed by atoms with Crippen LogP contribution in [0, 0.1) is 5.82 Å². The summed E-state index contributed by atoms with van der Waals surface area (Å²) in [6, 6.07) is 5.36. The van der Waals surface area contributed by atoms with E-state index in [1.807, 2.05) is 0 Å². The van der Waals surface area contributed by atoms with Gasteiger partial charge in [-0.1, -0.05) is 23.2 Å². The Bertz CT molecular complexity index is 1130. The number of anilines is 1. The van der Waals surface area contributed by atoms with Crippen molar-refractivity contribution in [2.45, 2.75) is 4.90 Å². The van der Waals surface area contributed by atoms with Crippen LogP contribution in [0.4, 0.5) is 10.1 Å². The third-order valence-corrected chi connectivity index (χ3v) is 5.02. The number of nitrogens with zero attached hydrogens (tertiary/aromatic N) is 3. The normalized spacial score (nSPS) is 11.4. The SMILES string of the molecule is CS(=O)(=O)c1cc(Cl)cc(NC(=O)c2cc(Cl)n(-c3ncc(F)cn3)c2)c1. The maximum atomic E-state index is 12.9. The molecule has 0 saturated heterocycles. The summed E-state index contributed by atoms with van der Waals surface area (Å²) in [6.45, 7) is 0. The first-order valence-electron chi connectivity index (χ1n) is 7.31. The minimum Gasteiger partial charge on any atom is -0.322 e. The third-order valence-electron chi connectivity index (χ3n) is 3.41. The van der Waals surface area contributed by atoms with Gasteiger partial charge in [-0.25, -0.2) is 22.8 Å². The van der Waals surface area contributed by atoms with Crippen molar-refractivity contribution in [3.63, 3.8) is 0 Å². The topological polar surface area (TPSA) is 94.0 Å². The molecular formula is C16H11Cl2FN4O3S. The lowest BCUT2D eigenvalue weighted by atomic mass is 10.2. The lowest BCUT2D eigenvalue weighted by Crippen LogP contribution is -2.12. The molecule has 140 valence electrons. The average Bonchev–Trinajstić information content (AvgIpc) is 2.96. The van der Waals surface area contributed by atoms with Crippen LogP contribution in [0.3, 0.4) is 0 Å². The van der Waals surface area contributed by atoms with E-state index in [-0.39, 0.29) is 32.3 Å². The predicted octanol–water partition coefficient (Wildman–Crippen LogP) is 3.37. The van der Waals surface area contributed by atoms with Crippen LogP contribution in [-0.4, -0.2) is 35.1 Å². The first kappa shape index (κ1) is 19.3. The van der Waals surface area contributed by atoms with Gasteiger partial charge in [0.25, 0.3) is 5.91 Å². The second kappa shape index (κ2) is 7.26. The van der Waals surface area contributed by atoms with Crippen LogP contribution in [-0.2, 0) is 9.84 Å². The highest BCUT2D eigenvalue weighted by molar-refractivity contribution is 7.90. The minimum absolute atomic E-state index is 0.0272. The van der Waals surface area contributed by atoms with Gasteiger partial charge in [-0.05, 0) is 24.3 Å². The maximum Gasteiger partial charge on any atom is 0.257 e. The molecule has 0 bridgehead atoms. The molecule has 0 aliphatic carbocycles. The van der Waals surface area contributed by atoms with E-state index in [0.29, 0.717) is 0 Å². The molecule has 27 heavy (non-hydrogen) atoms. The molecule has 3 rings (SSSR count). The number of sulfone groups is 1. The van der Waals surface area contributed by atoms with Crippen LogP contribution in [0.25, 0.3) is 5.95 Å². The number of hydrogen-bond acceptors (Lipinski definition) is 5. The Kier molecular flexibility index (Phi) is 5.18. The Labute approximate surface area is 163 Å². The molecule has 2 heterocycles. The monoisotopic (exact) mass is 428 g/mol. The molecule has 0 spiro atoms. The third kappa shape index (κ3) is 4.44. The highest BCUT2D eigenvalue weighted by Crippen LogP contribution is 2.24. The van der Waals surface area contributed by atoms with Gasteiger partial charge in [0.15, 0.2) is 15.7 Å². The molecule has 2 aromatic heterocycles. The van der Waals surface area contributed by atoms with Crippen molar-refractivity contribution in [3.8, 4) is 5.95 Å². The van der Waals surface area contributed by atoms with E-state index in [2.05, 4.69) is 15.3 Å². The van der Waals surface area contributed by atoms with Crippen molar-refractivity contribution >= 4 is 44.6 Å². The van der Waals surface area contributed by atoms with Crippen molar-refractivity contribution in [3.05, 3.63) is 64.4 Å². The minimum atomic E-state index is -3.50. The van der Waals surface area contributed by atoms with Crippen LogP contribution in [0.1, 0.15) is 10.4 Å². The van der Waals surface area contributed by atoms with E-state index in [1.165, 1.54) is 35.0 Å². The highest BCUT2D eigenvalue weighted by Gasteiger charge is 2.16. The molecule has 11 heteroatoms. The Morgan fingerprint density at radius 2 is 1.81 bits per heavy atom. The molecule has 3 aromatic rings. The molecule has 0 aliphatic heterocycles. The number of carbonyl (C=O) groups is 1. The van der Waals surface area contributed by atoms with E-state index in [1.54, 1.807) is 0 Å². The largest absolute Gasteiger partial charge is 0.322 e. The van der Waals surface area contributed by atoms with Gasteiger partial charge in [0.1, 0.15) is 5.15 Å². The lowest BCUT2D eigenvalue weighted by Gasteiger charge is -2.07. The molecule has 0 radical (unpaired) electrons.